The van der Waals surface area contributed by atoms with Gasteiger partial charge in [0.05, 0.1) is 6.04 Å². The smallest absolute Gasteiger partial charge is 0.212 e. The van der Waals surface area contributed by atoms with Crippen LogP contribution in [0.25, 0.3) is 11.1 Å². The van der Waals surface area contributed by atoms with Gasteiger partial charge in [-0.3, -0.25) is 0 Å². The van der Waals surface area contributed by atoms with Gasteiger partial charge in [-0.15, -0.1) is 0 Å². The standard InChI is InChI=1S/C11H14N2O/c1-7(2)10(12)11-13-8-5-3-4-6-9(8)14-11/h3-7,10H,12H2,1-2H3/t10-/m1/s1. The lowest BCUT2D eigenvalue weighted by Crippen LogP contribution is -2.16. The molecule has 0 aliphatic rings. The maximum atomic E-state index is 5.95. The SMILES string of the molecule is CC(C)[C@@H](N)c1nc2ccccc2o1. The summed E-state index contributed by atoms with van der Waals surface area (Å²) in [5, 5.41) is 0. The van der Waals surface area contributed by atoms with Crippen LogP contribution in [0.3, 0.4) is 0 Å². The zero-order valence-corrected chi connectivity index (χ0v) is 8.40. The summed E-state index contributed by atoms with van der Waals surface area (Å²) in [7, 11) is 0. The third kappa shape index (κ3) is 1.51. The van der Waals surface area contributed by atoms with Gasteiger partial charge in [0.2, 0.25) is 5.89 Å². The van der Waals surface area contributed by atoms with Crippen molar-refractivity contribution in [1.29, 1.82) is 0 Å². The molecule has 2 rings (SSSR count). The monoisotopic (exact) mass is 190 g/mol. The number of benzene rings is 1. The lowest BCUT2D eigenvalue weighted by molar-refractivity contribution is 0.403. The van der Waals surface area contributed by atoms with Gasteiger partial charge < -0.3 is 10.2 Å². The van der Waals surface area contributed by atoms with Crippen LogP contribution in [-0.4, -0.2) is 4.98 Å². The van der Waals surface area contributed by atoms with Crippen molar-refractivity contribution in [2.24, 2.45) is 11.7 Å². The Morgan fingerprint density at radius 3 is 2.64 bits per heavy atom. The van der Waals surface area contributed by atoms with Gasteiger partial charge >= 0.3 is 0 Å². The minimum absolute atomic E-state index is 0.123. The molecule has 3 heteroatoms. The molecule has 1 aromatic carbocycles. The molecular formula is C11H14N2O. The first-order valence-corrected chi connectivity index (χ1v) is 4.79. The molecule has 14 heavy (non-hydrogen) atoms. The summed E-state index contributed by atoms with van der Waals surface area (Å²) in [5.41, 5.74) is 7.62. The van der Waals surface area contributed by atoms with Crippen LogP contribution in [0.4, 0.5) is 0 Å². The van der Waals surface area contributed by atoms with Crippen molar-refractivity contribution < 1.29 is 4.42 Å². The summed E-state index contributed by atoms with van der Waals surface area (Å²) in [4.78, 5) is 4.34. The van der Waals surface area contributed by atoms with Crippen LogP contribution in [0.15, 0.2) is 28.7 Å². The van der Waals surface area contributed by atoms with Crippen LogP contribution >= 0.6 is 0 Å². The molecule has 2 N–H and O–H groups in total. The highest BCUT2D eigenvalue weighted by atomic mass is 16.3. The second-order valence-electron chi connectivity index (χ2n) is 3.79. The third-order valence-electron chi connectivity index (χ3n) is 2.31. The molecule has 0 bridgehead atoms. The van der Waals surface area contributed by atoms with Gasteiger partial charge in [0.25, 0.3) is 0 Å². The van der Waals surface area contributed by atoms with Crippen LogP contribution in [-0.2, 0) is 0 Å². The van der Waals surface area contributed by atoms with Gasteiger partial charge in [0.15, 0.2) is 5.58 Å². The number of hydrogen-bond acceptors (Lipinski definition) is 3. The summed E-state index contributed by atoms with van der Waals surface area (Å²) < 4.78 is 5.56. The summed E-state index contributed by atoms with van der Waals surface area (Å²) in [6, 6.07) is 7.57. The summed E-state index contributed by atoms with van der Waals surface area (Å²) in [6.45, 7) is 4.11. The third-order valence-corrected chi connectivity index (χ3v) is 2.31. The summed E-state index contributed by atoms with van der Waals surface area (Å²) in [5.74, 6) is 0.962. The molecule has 0 radical (unpaired) electrons. The number of hydrogen-bond donors (Lipinski definition) is 1. The van der Waals surface area contributed by atoms with E-state index in [1.165, 1.54) is 0 Å². The van der Waals surface area contributed by atoms with Crippen LogP contribution < -0.4 is 5.73 Å². The zero-order chi connectivity index (χ0) is 10.1. The van der Waals surface area contributed by atoms with Crippen molar-refractivity contribution in [2.75, 3.05) is 0 Å². The molecule has 0 unspecified atom stereocenters. The maximum Gasteiger partial charge on any atom is 0.212 e. The Morgan fingerprint density at radius 1 is 1.29 bits per heavy atom. The highest BCUT2D eigenvalue weighted by molar-refractivity contribution is 5.72. The number of fused-ring (bicyclic) bond motifs is 1. The lowest BCUT2D eigenvalue weighted by atomic mass is 10.1. The van der Waals surface area contributed by atoms with Gasteiger partial charge in [-0.25, -0.2) is 4.98 Å². The largest absolute Gasteiger partial charge is 0.439 e. The molecule has 3 nitrogen and oxygen atoms in total. The van der Waals surface area contributed by atoms with Gasteiger partial charge in [0.1, 0.15) is 5.52 Å². The Kier molecular flexibility index (Phi) is 2.25. The molecule has 0 amide bonds. The van der Waals surface area contributed by atoms with Crippen molar-refractivity contribution in [2.45, 2.75) is 19.9 Å². The molecule has 0 saturated heterocycles. The van der Waals surface area contributed by atoms with E-state index in [2.05, 4.69) is 18.8 Å². The molecule has 0 fully saturated rings. The van der Waals surface area contributed by atoms with E-state index in [0.29, 0.717) is 11.8 Å². The first-order valence-electron chi connectivity index (χ1n) is 4.79. The number of aromatic nitrogens is 1. The van der Waals surface area contributed by atoms with E-state index in [1.807, 2.05) is 24.3 Å². The maximum absolute atomic E-state index is 5.95. The zero-order valence-electron chi connectivity index (χ0n) is 8.40. The van der Waals surface area contributed by atoms with Crippen LogP contribution in [0, 0.1) is 5.92 Å². The van der Waals surface area contributed by atoms with E-state index in [-0.39, 0.29) is 6.04 Å². The molecular weight excluding hydrogens is 176 g/mol. The number of para-hydroxylation sites is 2. The molecule has 1 atom stereocenters. The van der Waals surface area contributed by atoms with Gasteiger partial charge in [-0.1, -0.05) is 26.0 Å². The van der Waals surface area contributed by atoms with E-state index < -0.39 is 0 Å². The van der Waals surface area contributed by atoms with E-state index in [1.54, 1.807) is 0 Å². The lowest BCUT2D eigenvalue weighted by Gasteiger charge is -2.10. The van der Waals surface area contributed by atoms with Gasteiger partial charge in [-0.2, -0.15) is 0 Å². The predicted octanol–water partition coefficient (Wildman–Crippen LogP) is 2.48. The molecule has 0 aliphatic heterocycles. The van der Waals surface area contributed by atoms with E-state index in [0.717, 1.165) is 11.1 Å². The van der Waals surface area contributed by atoms with Gasteiger partial charge in [-0.05, 0) is 18.1 Å². The number of oxazole rings is 1. The summed E-state index contributed by atoms with van der Waals surface area (Å²) >= 11 is 0. The number of nitrogens with zero attached hydrogens (tertiary/aromatic N) is 1. The fourth-order valence-corrected chi connectivity index (χ4v) is 1.32. The first-order chi connectivity index (χ1) is 6.68. The van der Waals surface area contributed by atoms with E-state index >= 15 is 0 Å². The Balaban J connectivity index is 2.45. The van der Waals surface area contributed by atoms with Crippen molar-refractivity contribution in [3.8, 4) is 0 Å². The van der Waals surface area contributed by atoms with Crippen molar-refractivity contribution in [1.82, 2.24) is 4.98 Å². The highest BCUT2D eigenvalue weighted by Gasteiger charge is 2.16. The highest BCUT2D eigenvalue weighted by Crippen LogP contribution is 2.22. The number of nitrogens with two attached hydrogens (primary N) is 1. The first kappa shape index (κ1) is 9.21. The van der Waals surface area contributed by atoms with Gasteiger partial charge in [0, 0.05) is 0 Å². The van der Waals surface area contributed by atoms with Crippen LogP contribution in [0.1, 0.15) is 25.8 Å². The minimum Gasteiger partial charge on any atom is -0.439 e. The second-order valence-corrected chi connectivity index (χ2v) is 3.79. The molecule has 1 aromatic heterocycles. The second kappa shape index (κ2) is 3.42. The van der Waals surface area contributed by atoms with E-state index in [9.17, 15) is 0 Å². The summed E-state index contributed by atoms with van der Waals surface area (Å²) in [6.07, 6.45) is 0. The molecule has 2 aromatic rings. The van der Waals surface area contributed by atoms with Crippen molar-refractivity contribution in [3.63, 3.8) is 0 Å². The molecule has 1 heterocycles. The minimum atomic E-state index is -0.123. The van der Waals surface area contributed by atoms with E-state index in [4.69, 9.17) is 10.2 Å². The topological polar surface area (TPSA) is 52.0 Å². The fourth-order valence-electron chi connectivity index (χ4n) is 1.32. The fraction of sp³-hybridized carbons (Fsp3) is 0.364. The van der Waals surface area contributed by atoms with Crippen molar-refractivity contribution >= 4 is 11.1 Å². The predicted molar refractivity (Wildman–Crippen MR) is 55.8 cm³/mol. The Bertz CT molecular complexity index is 401. The van der Waals surface area contributed by atoms with Crippen molar-refractivity contribution in [3.05, 3.63) is 30.2 Å². The Hall–Kier alpha value is -1.35. The average Bonchev–Trinajstić information content (AvgIpc) is 2.59. The molecule has 0 aliphatic carbocycles. The molecule has 0 spiro atoms. The number of rotatable bonds is 2. The Labute approximate surface area is 82.9 Å². The quantitative estimate of drug-likeness (QED) is 0.791. The molecule has 0 saturated carbocycles. The average molecular weight is 190 g/mol. The molecule has 74 valence electrons. The Morgan fingerprint density at radius 2 is 2.00 bits per heavy atom. The normalized spacial score (nSPS) is 13.7. The van der Waals surface area contributed by atoms with Crippen LogP contribution in [0.2, 0.25) is 0 Å². The van der Waals surface area contributed by atoms with Crippen LogP contribution in [0.5, 0.6) is 0 Å².